The maximum atomic E-state index is 12.9. The highest BCUT2D eigenvalue weighted by atomic mass is 16.2. The van der Waals surface area contributed by atoms with Gasteiger partial charge >= 0.3 is 0 Å². The topological polar surface area (TPSA) is 61.4 Å². The van der Waals surface area contributed by atoms with E-state index in [9.17, 15) is 9.59 Å². The van der Waals surface area contributed by atoms with E-state index in [1.165, 1.54) is 18.1 Å². The van der Waals surface area contributed by atoms with Crippen LogP contribution in [0.3, 0.4) is 0 Å². The van der Waals surface area contributed by atoms with Crippen molar-refractivity contribution in [2.45, 2.75) is 25.8 Å². The Balaban J connectivity index is 1.50. The minimum Gasteiger partial charge on any atom is -0.359 e. The Morgan fingerprint density at radius 2 is 1.43 bits per heavy atom. The van der Waals surface area contributed by atoms with Gasteiger partial charge < -0.3 is 15.5 Å². The standard InChI is InChI=1S/C25H25N3O2/c1-18(29)26-21-10-7-11-22(16-21)27-25(30)17-28(23-12-3-2-4-13-23)24-14-19-8-5-6-9-20(19)15-24/h2-13,16,24H,14-15,17H2,1H3,(H,26,29)(H,27,30). The number of amides is 2. The van der Waals surface area contributed by atoms with Crippen molar-refractivity contribution < 1.29 is 9.59 Å². The number of carbonyl (C=O) groups excluding carboxylic acids is 2. The van der Waals surface area contributed by atoms with Crippen molar-refractivity contribution in [1.82, 2.24) is 0 Å². The predicted molar refractivity (Wildman–Crippen MR) is 121 cm³/mol. The lowest BCUT2D eigenvalue weighted by atomic mass is 10.1. The van der Waals surface area contributed by atoms with Crippen LogP contribution in [0.1, 0.15) is 18.1 Å². The second-order valence-corrected chi connectivity index (χ2v) is 7.60. The Hall–Kier alpha value is -3.60. The van der Waals surface area contributed by atoms with Crippen LogP contribution in [0.2, 0.25) is 0 Å². The molecule has 3 aromatic rings. The molecule has 30 heavy (non-hydrogen) atoms. The number of carbonyl (C=O) groups is 2. The molecule has 2 amide bonds. The van der Waals surface area contributed by atoms with Crippen molar-refractivity contribution in [2.24, 2.45) is 0 Å². The molecule has 0 aromatic heterocycles. The highest BCUT2D eigenvalue weighted by Crippen LogP contribution is 2.29. The minimum atomic E-state index is -0.144. The first-order valence-corrected chi connectivity index (χ1v) is 10.1. The second-order valence-electron chi connectivity index (χ2n) is 7.60. The molecule has 152 valence electrons. The summed E-state index contributed by atoms with van der Waals surface area (Å²) in [5, 5.41) is 5.71. The quantitative estimate of drug-likeness (QED) is 0.651. The minimum absolute atomic E-state index is 0.0882. The number of benzene rings is 3. The van der Waals surface area contributed by atoms with Gasteiger partial charge in [0.05, 0.1) is 6.54 Å². The monoisotopic (exact) mass is 399 g/mol. The fourth-order valence-corrected chi connectivity index (χ4v) is 4.04. The summed E-state index contributed by atoms with van der Waals surface area (Å²) in [6.45, 7) is 1.72. The van der Waals surface area contributed by atoms with Crippen LogP contribution in [0, 0.1) is 0 Å². The first-order chi connectivity index (χ1) is 14.6. The fourth-order valence-electron chi connectivity index (χ4n) is 4.04. The predicted octanol–water partition coefficient (Wildman–Crippen LogP) is 4.26. The van der Waals surface area contributed by atoms with E-state index in [0.29, 0.717) is 11.4 Å². The summed E-state index contributed by atoms with van der Waals surface area (Å²) in [4.78, 5) is 26.4. The molecule has 0 radical (unpaired) electrons. The zero-order chi connectivity index (χ0) is 20.9. The van der Waals surface area contributed by atoms with Crippen LogP contribution in [0.5, 0.6) is 0 Å². The molecule has 5 heteroatoms. The van der Waals surface area contributed by atoms with Crippen LogP contribution in [0.15, 0.2) is 78.9 Å². The van der Waals surface area contributed by atoms with Crippen molar-refractivity contribution in [3.8, 4) is 0 Å². The van der Waals surface area contributed by atoms with Crippen LogP contribution >= 0.6 is 0 Å². The molecule has 0 saturated heterocycles. The van der Waals surface area contributed by atoms with Crippen molar-refractivity contribution in [3.05, 3.63) is 90.0 Å². The number of fused-ring (bicyclic) bond motifs is 1. The largest absolute Gasteiger partial charge is 0.359 e. The lowest BCUT2D eigenvalue weighted by Crippen LogP contribution is -2.41. The van der Waals surface area contributed by atoms with Crippen molar-refractivity contribution in [2.75, 3.05) is 22.1 Å². The summed E-state index contributed by atoms with van der Waals surface area (Å²) >= 11 is 0. The molecule has 1 aliphatic rings. The maximum Gasteiger partial charge on any atom is 0.243 e. The Bertz CT molecular complexity index is 1020. The van der Waals surface area contributed by atoms with E-state index in [2.05, 4.69) is 39.8 Å². The molecule has 1 aliphatic carbocycles. The lowest BCUT2D eigenvalue weighted by Gasteiger charge is -2.30. The van der Waals surface area contributed by atoms with Crippen LogP contribution in [-0.2, 0) is 22.4 Å². The molecule has 0 atom stereocenters. The molecular formula is C25H25N3O2. The van der Waals surface area contributed by atoms with Gasteiger partial charge in [0.1, 0.15) is 0 Å². The van der Waals surface area contributed by atoms with Crippen molar-refractivity contribution in [3.63, 3.8) is 0 Å². The molecular weight excluding hydrogens is 374 g/mol. The highest BCUT2D eigenvalue weighted by molar-refractivity contribution is 5.95. The molecule has 4 rings (SSSR count). The van der Waals surface area contributed by atoms with Gasteiger partial charge in [-0.05, 0) is 54.3 Å². The fraction of sp³-hybridized carbons (Fsp3) is 0.200. The maximum absolute atomic E-state index is 12.9. The molecule has 0 bridgehead atoms. The SMILES string of the molecule is CC(=O)Nc1cccc(NC(=O)CN(c2ccccc2)C2Cc3ccccc3C2)c1. The van der Waals surface area contributed by atoms with Gasteiger partial charge in [0, 0.05) is 30.0 Å². The Kier molecular flexibility index (Phi) is 5.80. The van der Waals surface area contributed by atoms with E-state index < -0.39 is 0 Å². The second kappa shape index (κ2) is 8.82. The van der Waals surface area contributed by atoms with E-state index >= 15 is 0 Å². The third-order valence-electron chi connectivity index (χ3n) is 5.34. The van der Waals surface area contributed by atoms with Gasteiger partial charge in [-0.15, -0.1) is 0 Å². The summed E-state index contributed by atoms with van der Waals surface area (Å²) in [5.74, 6) is -0.232. The zero-order valence-corrected chi connectivity index (χ0v) is 17.0. The summed E-state index contributed by atoms with van der Waals surface area (Å²) in [5.41, 5.74) is 5.07. The summed E-state index contributed by atoms with van der Waals surface area (Å²) in [6.07, 6.45) is 1.85. The number of rotatable bonds is 6. The lowest BCUT2D eigenvalue weighted by molar-refractivity contribution is -0.115. The number of hydrogen-bond acceptors (Lipinski definition) is 3. The molecule has 3 aromatic carbocycles. The van der Waals surface area contributed by atoms with Gasteiger partial charge in [0.25, 0.3) is 0 Å². The van der Waals surface area contributed by atoms with Gasteiger partial charge in [-0.3, -0.25) is 9.59 Å². The van der Waals surface area contributed by atoms with Gasteiger partial charge in [0.2, 0.25) is 11.8 Å². The van der Waals surface area contributed by atoms with Gasteiger partial charge in [-0.1, -0.05) is 48.5 Å². The third kappa shape index (κ3) is 4.69. The zero-order valence-electron chi connectivity index (χ0n) is 17.0. The van der Waals surface area contributed by atoms with E-state index in [1.54, 1.807) is 12.1 Å². The van der Waals surface area contributed by atoms with Crippen LogP contribution < -0.4 is 15.5 Å². The first kappa shape index (κ1) is 19.7. The van der Waals surface area contributed by atoms with Crippen molar-refractivity contribution >= 4 is 28.9 Å². The molecule has 5 nitrogen and oxygen atoms in total. The van der Waals surface area contributed by atoms with Gasteiger partial charge in [-0.25, -0.2) is 0 Å². The average Bonchev–Trinajstić information content (AvgIpc) is 3.16. The third-order valence-corrected chi connectivity index (χ3v) is 5.34. The normalized spacial score (nSPS) is 12.8. The van der Waals surface area contributed by atoms with Gasteiger partial charge in [-0.2, -0.15) is 0 Å². The number of anilines is 3. The number of hydrogen-bond donors (Lipinski definition) is 2. The van der Waals surface area contributed by atoms with E-state index in [0.717, 1.165) is 18.5 Å². The molecule has 0 fully saturated rings. The van der Waals surface area contributed by atoms with Crippen LogP contribution in [0.25, 0.3) is 0 Å². The van der Waals surface area contributed by atoms with E-state index in [1.807, 2.05) is 42.5 Å². The Morgan fingerprint density at radius 3 is 2.07 bits per heavy atom. The van der Waals surface area contributed by atoms with Crippen LogP contribution in [0.4, 0.5) is 17.1 Å². The molecule has 0 heterocycles. The Morgan fingerprint density at radius 1 is 0.833 bits per heavy atom. The molecule has 2 N–H and O–H groups in total. The molecule has 0 unspecified atom stereocenters. The van der Waals surface area contributed by atoms with Gasteiger partial charge in [0.15, 0.2) is 0 Å². The number of nitrogens with zero attached hydrogens (tertiary/aromatic N) is 1. The Labute approximate surface area is 176 Å². The molecule has 0 saturated carbocycles. The summed E-state index contributed by atoms with van der Waals surface area (Å²) in [6, 6.07) is 26.0. The molecule has 0 aliphatic heterocycles. The highest BCUT2D eigenvalue weighted by Gasteiger charge is 2.28. The van der Waals surface area contributed by atoms with E-state index in [-0.39, 0.29) is 24.4 Å². The summed E-state index contributed by atoms with van der Waals surface area (Å²) in [7, 11) is 0. The van der Waals surface area contributed by atoms with Crippen molar-refractivity contribution in [1.29, 1.82) is 0 Å². The number of nitrogens with one attached hydrogen (secondary N) is 2. The molecule has 0 spiro atoms. The van der Waals surface area contributed by atoms with Crippen LogP contribution in [-0.4, -0.2) is 24.4 Å². The first-order valence-electron chi connectivity index (χ1n) is 10.1. The smallest absolute Gasteiger partial charge is 0.243 e. The average molecular weight is 399 g/mol. The summed E-state index contributed by atoms with van der Waals surface area (Å²) < 4.78 is 0. The van der Waals surface area contributed by atoms with E-state index in [4.69, 9.17) is 0 Å². The number of para-hydroxylation sites is 1.